The van der Waals surface area contributed by atoms with Crippen molar-refractivity contribution in [2.24, 2.45) is 4.99 Å². The van der Waals surface area contributed by atoms with Crippen molar-refractivity contribution in [1.29, 1.82) is 0 Å². The third-order valence-electron chi connectivity index (χ3n) is 5.24. The van der Waals surface area contributed by atoms with Gasteiger partial charge in [-0.15, -0.1) is 0 Å². The number of allylic oxidation sites excluding steroid dienone is 1. The molecule has 0 saturated heterocycles. The van der Waals surface area contributed by atoms with Gasteiger partial charge in [0.2, 0.25) is 0 Å². The second-order valence-corrected chi connectivity index (χ2v) is 9.45. The first kappa shape index (κ1) is 24.6. The first-order chi connectivity index (χ1) is 16.8. The van der Waals surface area contributed by atoms with E-state index in [4.69, 9.17) is 14.6 Å². The fraction of sp³-hybridized carbons (Fsp3) is 0.200. The van der Waals surface area contributed by atoms with Crippen molar-refractivity contribution < 1.29 is 24.2 Å². The minimum atomic E-state index is -1.08. The van der Waals surface area contributed by atoms with Crippen LogP contribution in [0.2, 0.25) is 0 Å². The topological polar surface area (TPSA) is 107 Å². The summed E-state index contributed by atoms with van der Waals surface area (Å²) in [5, 5.41) is 8.81. The summed E-state index contributed by atoms with van der Waals surface area (Å²) in [6.45, 7) is 3.23. The molecule has 1 aliphatic rings. The summed E-state index contributed by atoms with van der Waals surface area (Å²) in [6, 6.07) is 13.8. The summed E-state index contributed by atoms with van der Waals surface area (Å²) in [7, 11) is 0. The van der Waals surface area contributed by atoms with Gasteiger partial charge in [-0.05, 0) is 59.1 Å². The molecule has 0 unspecified atom stereocenters. The smallest absolute Gasteiger partial charge is 0.341 e. The summed E-state index contributed by atoms with van der Waals surface area (Å²) in [5.74, 6) is -1.20. The van der Waals surface area contributed by atoms with E-state index in [9.17, 15) is 14.4 Å². The Labute approximate surface area is 212 Å². The average Bonchev–Trinajstić information content (AvgIpc) is 3.12. The van der Waals surface area contributed by atoms with Crippen molar-refractivity contribution >= 4 is 45.3 Å². The number of halogens is 1. The first-order valence-electron chi connectivity index (χ1n) is 10.7. The standard InChI is InChI=1S/C25H21BrN2O6S/c1-3-33-24(32)21-14(2)27-25-28(22(21)16-7-5-4-6-8-16)23(31)19(35-25)12-15-9-10-18(17(26)11-15)34-13-20(29)30/h4-12,22H,3,13H2,1-2H3,(H,29,30)/b19-12+/t22-/m1/s1. The number of ether oxygens (including phenoxy) is 2. The van der Waals surface area contributed by atoms with Gasteiger partial charge in [0.15, 0.2) is 11.4 Å². The average molecular weight is 557 g/mol. The third-order valence-corrected chi connectivity index (χ3v) is 6.84. The maximum atomic E-state index is 13.6. The quantitative estimate of drug-likeness (QED) is 0.448. The van der Waals surface area contributed by atoms with E-state index < -0.39 is 24.6 Å². The van der Waals surface area contributed by atoms with Gasteiger partial charge >= 0.3 is 11.9 Å². The Morgan fingerprint density at radius 3 is 2.63 bits per heavy atom. The largest absolute Gasteiger partial charge is 0.481 e. The number of carbonyl (C=O) groups excluding carboxylic acids is 1. The van der Waals surface area contributed by atoms with Gasteiger partial charge in [-0.3, -0.25) is 9.36 Å². The Morgan fingerprint density at radius 1 is 1.23 bits per heavy atom. The van der Waals surface area contributed by atoms with Gasteiger partial charge in [0, 0.05) is 0 Å². The van der Waals surface area contributed by atoms with Crippen LogP contribution in [0.1, 0.15) is 31.0 Å². The highest BCUT2D eigenvalue weighted by Crippen LogP contribution is 2.30. The van der Waals surface area contributed by atoms with Crippen LogP contribution in [0.4, 0.5) is 0 Å². The lowest BCUT2D eigenvalue weighted by atomic mass is 9.96. The van der Waals surface area contributed by atoms with Crippen molar-refractivity contribution in [2.75, 3.05) is 13.2 Å². The molecule has 0 spiro atoms. The summed E-state index contributed by atoms with van der Waals surface area (Å²) in [4.78, 5) is 42.2. The number of benzene rings is 2. The number of nitrogens with zero attached hydrogens (tertiary/aromatic N) is 2. The SMILES string of the molecule is CCOC(=O)C1=C(C)N=c2s/c(=C/c3ccc(OCC(=O)O)c(Br)c3)c(=O)n2[C@@H]1c1ccccc1. The predicted octanol–water partition coefficient (Wildman–Crippen LogP) is 3.02. The van der Waals surface area contributed by atoms with E-state index in [0.717, 1.165) is 5.56 Å². The highest BCUT2D eigenvalue weighted by Gasteiger charge is 2.33. The molecule has 0 amide bonds. The molecule has 2 heterocycles. The van der Waals surface area contributed by atoms with E-state index in [1.54, 1.807) is 38.1 Å². The van der Waals surface area contributed by atoms with E-state index in [2.05, 4.69) is 20.9 Å². The Hall–Kier alpha value is -3.50. The van der Waals surface area contributed by atoms with Gasteiger partial charge in [0.05, 0.1) is 32.9 Å². The molecule has 3 aromatic rings. The van der Waals surface area contributed by atoms with Gasteiger partial charge < -0.3 is 14.6 Å². The molecule has 8 nitrogen and oxygen atoms in total. The van der Waals surface area contributed by atoms with Crippen LogP contribution in [0.5, 0.6) is 5.75 Å². The number of esters is 1. The highest BCUT2D eigenvalue weighted by molar-refractivity contribution is 9.10. The number of carboxylic acids is 1. The molecule has 35 heavy (non-hydrogen) atoms. The molecular weight excluding hydrogens is 536 g/mol. The van der Waals surface area contributed by atoms with E-state index in [1.807, 2.05) is 30.3 Å². The molecule has 0 saturated carbocycles. The molecule has 0 bridgehead atoms. The van der Waals surface area contributed by atoms with Crippen molar-refractivity contribution in [3.05, 3.63) is 95.1 Å². The van der Waals surface area contributed by atoms with Crippen LogP contribution in [0, 0.1) is 0 Å². The van der Waals surface area contributed by atoms with E-state index in [-0.39, 0.29) is 12.2 Å². The second kappa shape index (κ2) is 10.4. The van der Waals surface area contributed by atoms with Crippen LogP contribution >= 0.6 is 27.3 Å². The van der Waals surface area contributed by atoms with Crippen molar-refractivity contribution in [1.82, 2.24) is 4.57 Å². The highest BCUT2D eigenvalue weighted by atomic mass is 79.9. The maximum absolute atomic E-state index is 13.6. The Balaban J connectivity index is 1.83. The lowest BCUT2D eigenvalue weighted by Gasteiger charge is -2.24. The Morgan fingerprint density at radius 2 is 1.97 bits per heavy atom. The number of hydrogen-bond donors (Lipinski definition) is 1. The summed E-state index contributed by atoms with van der Waals surface area (Å²) in [6.07, 6.45) is 1.72. The number of fused-ring (bicyclic) bond motifs is 1. The minimum Gasteiger partial charge on any atom is -0.481 e. The molecule has 10 heteroatoms. The number of aromatic nitrogens is 1. The molecule has 180 valence electrons. The number of rotatable bonds is 7. The Bertz CT molecular complexity index is 1510. The molecule has 1 aromatic heterocycles. The van der Waals surface area contributed by atoms with Crippen LogP contribution in [-0.4, -0.2) is 34.8 Å². The number of thiazole rings is 1. The van der Waals surface area contributed by atoms with Crippen LogP contribution in [-0.2, 0) is 14.3 Å². The normalized spacial score (nSPS) is 15.4. The molecule has 1 aliphatic heterocycles. The molecule has 1 atom stereocenters. The summed E-state index contributed by atoms with van der Waals surface area (Å²) >= 11 is 4.61. The van der Waals surface area contributed by atoms with Crippen LogP contribution < -0.4 is 19.6 Å². The molecule has 0 fully saturated rings. The predicted molar refractivity (Wildman–Crippen MR) is 134 cm³/mol. The number of carboxylic acid groups (broad SMARTS) is 1. The van der Waals surface area contributed by atoms with Crippen LogP contribution in [0.3, 0.4) is 0 Å². The Kier molecular flexibility index (Phi) is 7.32. The minimum absolute atomic E-state index is 0.211. The van der Waals surface area contributed by atoms with Crippen molar-refractivity contribution in [3.63, 3.8) is 0 Å². The van der Waals surface area contributed by atoms with E-state index in [0.29, 0.717) is 36.4 Å². The lowest BCUT2D eigenvalue weighted by molar-refractivity contribution is -0.140. The van der Waals surface area contributed by atoms with Gasteiger partial charge in [0.25, 0.3) is 5.56 Å². The maximum Gasteiger partial charge on any atom is 0.341 e. The lowest BCUT2D eigenvalue weighted by Crippen LogP contribution is -2.39. The number of hydrogen-bond acceptors (Lipinski definition) is 7. The number of aliphatic carboxylic acids is 1. The first-order valence-corrected chi connectivity index (χ1v) is 12.3. The van der Waals surface area contributed by atoms with Crippen LogP contribution in [0.15, 0.2) is 74.1 Å². The van der Waals surface area contributed by atoms with E-state index >= 15 is 0 Å². The molecule has 4 rings (SSSR count). The number of carbonyl (C=O) groups is 2. The third kappa shape index (κ3) is 5.13. The molecule has 0 radical (unpaired) electrons. The van der Waals surface area contributed by atoms with Gasteiger partial charge in [-0.2, -0.15) is 0 Å². The fourth-order valence-electron chi connectivity index (χ4n) is 3.76. The molecule has 0 aliphatic carbocycles. The summed E-state index contributed by atoms with van der Waals surface area (Å²) in [5.41, 5.74) is 2.05. The molecule has 1 N–H and O–H groups in total. The summed E-state index contributed by atoms with van der Waals surface area (Å²) < 4.78 is 13.1. The molecular formula is C25H21BrN2O6S. The second-order valence-electron chi connectivity index (χ2n) is 7.59. The fourth-order valence-corrected chi connectivity index (χ4v) is 5.31. The zero-order valence-corrected chi connectivity index (χ0v) is 21.3. The van der Waals surface area contributed by atoms with E-state index in [1.165, 1.54) is 15.9 Å². The molecule has 2 aromatic carbocycles. The zero-order valence-electron chi connectivity index (χ0n) is 18.9. The zero-order chi connectivity index (χ0) is 25.1. The van der Waals surface area contributed by atoms with Gasteiger partial charge in [-0.25, -0.2) is 14.6 Å². The van der Waals surface area contributed by atoms with Crippen molar-refractivity contribution in [2.45, 2.75) is 19.9 Å². The van der Waals surface area contributed by atoms with Crippen LogP contribution in [0.25, 0.3) is 6.08 Å². The van der Waals surface area contributed by atoms with Crippen molar-refractivity contribution in [3.8, 4) is 5.75 Å². The van der Waals surface area contributed by atoms with Gasteiger partial charge in [0.1, 0.15) is 5.75 Å². The van der Waals surface area contributed by atoms with Gasteiger partial charge in [-0.1, -0.05) is 47.7 Å². The monoisotopic (exact) mass is 556 g/mol.